The number of halogens is 1. The van der Waals surface area contributed by atoms with Crippen LogP contribution in [-0.2, 0) is 9.53 Å². The molecule has 0 aliphatic carbocycles. The number of rotatable bonds is 9. The van der Waals surface area contributed by atoms with Crippen molar-refractivity contribution >= 4 is 50.1 Å². The van der Waals surface area contributed by atoms with Crippen LogP contribution in [0.3, 0.4) is 0 Å². The van der Waals surface area contributed by atoms with E-state index in [-0.39, 0.29) is 24.3 Å². The molecule has 1 atom stereocenters. The molecule has 0 unspecified atom stereocenters. The number of fused-ring (bicyclic) bond motifs is 2. The van der Waals surface area contributed by atoms with E-state index in [9.17, 15) is 9.59 Å². The Morgan fingerprint density at radius 2 is 1.91 bits per heavy atom. The Kier molecular flexibility index (Phi) is 8.99. The first kappa shape index (κ1) is 30.1. The van der Waals surface area contributed by atoms with Crippen LogP contribution in [0, 0.1) is 11.3 Å². The zero-order chi connectivity index (χ0) is 30.7. The Morgan fingerprint density at radius 1 is 1.12 bits per heavy atom. The summed E-state index contributed by atoms with van der Waals surface area (Å²) < 4.78 is 25.0. The Morgan fingerprint density at radius 3 is 2.63 bits per heavy atom. The molecule has 0 bridgehead atoms. The van der Waals surface area contributed by atoms with Gasteiger partial charge in [-0.1, -0.05) is 57.6 Å². The molecule has 0 saturated carbocycles. The lowest BCUT2D eigenvalue weighted by Gasteiger charge is -2.26. The van der Waals surface area contributed by atoms with Crippen molar-refractivity contribution < 1.29 is 23.7 Å². The maximum atomic E-state index is 14.3. The molecular weight excluding hydrogens is 634 g/mol. The molecule has 220 valence electrons. The topological polar surface area (TPSA) is 112 Å². The molecular formula is C32H28BrN3O6S. The van der Waals surface area contributed by atoms with Crippen molar-refractivity contribution in [3.05, 3.63) is 95.1 Å². The first-order valence-electron chi connectivity index (χ1n) is 13.5. The fraction of sp³-hybridized carbons (Fsp3) is 0.250. The van der Waals surface area contributed by atoms with E-state index < -0.39 is 12.0 Å². The average Bonchev–Trinajstić information content (AvgIpc) is 3.30. The molecule has 3 aromatic carbocycles. The maximum Gasteiger partial charge on any atom is 0.338 e. The first-order chi connectivity index (χ1) is 20.8. The third kappa shape index (κ3) is 5.68. The minimum Gasteiger partial charge on any atom is -0.493 e. The average molecular weight is 663 g/mol. The molecule has 0 saturated heterocycles. The molecule has 4 aromatic rings. The maximum absolute atomic E-state index is 14.3. The van der Waals surface area contributed by atoms with Crippen molar-refractivity contribution in [1.82, 2.24) is 4.57 Å². The normalized spacial score (nSPS) is 14.6. The van der Waals surface area contributed by atoms with E-state index in [1.807, 2.05) is 43.3 Å². The summed E-state index contributed by atoms with van der Waals surface area (Å²) in [7, 11) is 1.53. The van der Waals surface area contributed by atoms with Gasteiger partial charge in [-0.15, -0.1) is 0 Å². The highest BCUT2D eigenvalue weighted by molar-refractivity contribution is 9.10. The number of thiazole rings is 1. The molecule has 0 radical (unpaired) electrons. The van der Waals surface area contributed by atoms with Gasteiger partial charge in [0.2, 0.25) is 0 Å². The van der Waals surface area contributed by atoms with Gasteiger partial charge in [-0.3, -0.25) is 9.36 Å². The lowest BCUT2D eigenvalue weighted by molar-refractivity contribution is -0.139. The van der Waals surface area contributed by atoms with Crippen molar-refractivity contribution in [2.45, 2.75) is 26.8 Å². The number of aromatic nitrogens is 1. The highest BCUT2D eigenvalue weighted by Crippen LogP contribution is 2.41. The van der Waals surface area contributed by atoms with Crippen LogP contribution in [0.2, 0.25) is 0 Å². The number of benzene rings is 3. The fourth-order valence-corrected chi connectivity index (χ4v) is 6.63. The lowest BCUT2D eigenvalue weighted by atomic mass is 9.95. The highest BCUT2D eigenvalue weighted by atomic mass is 79.9. The number of allylic oxidation sites excluding steroid dienone is 1. The molecule has 1 aliphatic heterocycles. The number of nitriles is 1. The molecule has 9 nitrogen and oxygen atoms in total. The molecule has 43 heavy (non-hydrogen) atoms. The first-order valence-corrected chi connectivity index (χ1v) is 15.1. The van der Waals surface area contributed by atoms with E-state index in [1.54, 1.807) is 38.1 Å². The zero-order valence-corrected chi connectivity index (χ0v) is 26.4. The van der Waals surface area contributed by atoms with E-state index in [4.69, 9.17) is 24.2 Å². The molecule has 0 spiro atoms. The van der Waals surface area contributed by atoms with Gasteiger partial charge in [-0.25, -0.2) is 9.79 Å². The summed E-state index contributed by atoms with van der Waals surface area (Å²) in [5, 5.41) is 11.0. The van der Waals surface area contributed by atoms with Crippen LogP contribution in [-0.4, -0.2) is 37.5 Å². The van der Waals surface area contributed by atoms with Gasteiger partial charge in [0, 0.05) is 10.0 Å². The number of nitrogens with zero attached hydrogens (tertiary/aromatic N) is 3. The summed E-state index contributed by atoms with van der Waals surface area (Å²) in [6, 6.07) is 16.1. The van der Waals surface area contributed by atoms with Crippen LogP contribution in [0.5, 0.6) is 17.2 Å². The van der Waals surface area contributed by atoms with Gasteiger partial charge in [-0.2, -0.15) is 5.26 Å². The third-order valence-corrected chi connectivity index (χ3v) is 8.56. The largest absolute Gasteiger partial charge is 0.493 e. The van der Waals surface area contributed by atoms with E-state index in [2.05, 4.69) is 20.9 Å². The van der Waals surface area contributed by atoms with E-state index in [0.717, 1.165) is 10.8 Å². The van der Waals surface area contributed by atoms with Crippen molar-refractivity contribution in [3.8, 4) is 23.3 Å². The summed E-state index contributed by atoms with van der Waals surface area (Å²) in [4.78, 5) is 32.7. The van der Waals surface area contributed by atoms with Gasteiger partial charge in [0.25, 0.3) is 5.56 Å². The van der Waals surface area contributed by atoms with Crippen molar-refractivity contribution in [3.63, 3.8) is 0 Å². The molecule has 2 heterocycles. The predicted octanol–water partition coefficient (Wildman–Crippen LogP) is 5.02. The van der Waals surface area contributed by atoms with Crippen molar-refractivity contribution in [1.29, 1.82) is 5.26 Å². The zero-order valence-electron chi connectivity index (χ0n) is 24.0. The molecule has 1 aliphatic rings. The number of carbonyl (C=O) groups is 1. The molecule has 0 N–H and O–H groups in total. The SMILES string of the molecule is CCOC(=O)C1=C(C)N=c2s/c(=C/c3c(OCC#N)ccc4ccccc34)c(=O)n2[C@@H]1c1cc(OC)c(OCC)cc1Br. The second-order valence-corrected chi connectivity index (χ2v) is 11.3. The quantitative estimate of drug-likeness (QED) is 0.232. The van der Waals surface area contributed by atoms with E-state index in [1.165, 1.54) is 23.0 Å². The Labute approximate surface area is 260 Å². The smallest absolute Gasteiger partial charge is 0.338 e. The van der Waals surface area contributed by atoms with Crippen LogP contribution >= 0.6 is 27.3 Å². The van der Waals surface area contributed by atoms with E-state index >= 15 is 0 Å². The number of esters is 1. The second kappa shape index (κ2) is 12.9. The van der Waals surface area contributed by atoms with Crippen LogP contribution < -0.4 is 29.1 Å². The van der Waals surface area contributed by atoms with Crippen molar-refractivity contribution in [2.24, 2.45) is 4.99 Å². The van der Waals surface area contributed by atoms with Gasteiger partial charge in [0.15, 0.2) is 22.9 Å². The monoisotopic (exact) mass is 661 g/mol. The van der Waals surface area contributed by atoms with Crippen LogP contribution in [0.15, 0.2) is 74.1 Å². The molecule has 0 amide bonds. The number of hydrogen-bond donors (Lipinski definition) is 0. The fourth-order valence-electron chi connectivity index (χ4n) is 5.07. The standard InChI is InChI=1S/C32H28BrN3O6S/c1-5-40-26-17-23(33)22(15-25(26)39-4)29-28(31(38)41-6-2)18(3)35-32-36(29)30(37)27(43-32)16-21-20-10-8-7-9-19(20)11-12-24(21)42-14-13-34/h7-12,15-17,29H,5-6,14H2,1-4H3/b27-16+/t29-/m1/s1. The van der Waals surface area contributed by atoms with Crippen LogP contribution in [0.25, 0.3) is 16.8 Å². The predicted molar refractivity (Wildman–Crippen MR) is 167 cm³/mol. The summed E-state index contributed by atoms with van der Waals surface area (Å²) in [6.45, 7) is 5.78. The van der Waals surface area contributed by atoms with Gasteiger partial charge in [-0.05, 0) is 61.4 Å². The molecule has 11 heteroatoms. The summed E-state index contributed by atoms with van der Waals surface area (Å²) in [5.41, 5.74) is 1.62. The van der Waals surface area contributed by atoms with Crippen LogP contribution in [0.4, 0.5) is 0 Å². The summed E-state index contributed by atoms with van der Waals surface area (Å²) >= 11 is 4.85. The van der Waals surface area contributed by atoms with Gasteiger partial charge in [0.1, 0.15) is 11.8 Å². The molecule has 1 aromatic heterocycles. The van der Waals surface area contributed by atoms with Gasteiger partial charge in [0.05, 0.1) is 42.2 Å². The number of carbonyl (C=O) groups excluding carboxylic acids is 1. The molecule has 0 fully saturated rings. The van der Waals surface area contributed by atoms with Crippen LogP contribution in [0.1, 0.15) is 37.9 Å². The Hall–Kier alpha value is -4.40. The Balaban J connectivity index is 1.79. The van der Waals surface area contributed by atoms with Gasteiger partial charge >= 0.3 is 5.97 Å². The summed E-state index contributed by atoms with van der Waals surface area (Å²) in [6.07, 6.45) is 1.76. The third-order valence-electron chi connectivity index (χ3n) is 6.89. The number of methoxy groups -OCH3 is 1. The lowest BCUT2D eigenvalue weighted by Crippen LogP contribution is -2.40. The van der Waals surface area contributed by atoms with Crippen molar-refractivity contribution in [2.75, 3.05) is 26.9 Å². The second-order valence-electron chi connectivity index (χ2n) is 9.41. The Bertz CT molecular complexity index is 1990. The summed E-state index contributed by atoms with van der Waals surface area (Å²) in [5.74, 6) is 0.886. The number of ether oxygens (including phenoxy) is 4. The minimum absolute atomic E-state index is 0.143. The molecule has 5 rings (SSSR count). The minimum atomic E-state index is -0.863. The highest BCUT2D eigenvalue weighted by Gasteiger charge is 2.35. The van der Waals surface area contributed by atoms with Gasteiger partial charge < -0.3 is 18.9 Å². The van der Waals surface area contributed by atoms with E-state index in [0.29, 0.717) is 54.5 Å². The number of hydrogen-bond acceptors (Lipinski definition) is 9.